The van der Waals surface area contributed by atoms with Crippen LogP contribution in [-0.2, 0) is 20.7 Å². The van der Waals surface area contributed by atoms with Gasteiger partial charge in [0.05, 0.1) is 19.3 Å². The number of alkyl carbamates (subject to hydrolysis) is 1. The van der Waals surface area contributed by atoms with Gasteiger partial charge in [-0.1, -0.05) is 0 Å². The SMILES string of the molecule is COC(=O)NCCCc1cc([C@H](C)N(C(=O)[C@H]2CCCCO2)C2CC2)cc(OC(C)C)n1. The molecule has 3 rings (SSSR count). The van der Waals surface area contributed by atoms with Crippen LogP contribution >= 0.6 is 0 Å². The van der Waals surface area contributed by atoms with Crippen molar-refractivity contribution >= 4 is 12.0 Å². The molecule has 2 fully saturated rings. The van der Waals surface area contributed by atoms with Crippen LogP contribution in [-0.4, -0.2) is 60.4 Å². The van der Waals surface area contributed by atoms with E-state index in [1.54, 1.807) is 0 Å². The third-order valence-corrected chi connectivity index (χ3v) is 5.85. The Labute approximate surface area is 191 Å². The van der Waals surface area contributed by atoms with E-state index in [1.807, 2.05) is 24.8 Å². The summed E-state index contributed by atoms with van der Waals surface area (Å²) in [5.74, 6) is 0.670. The van der Waals surface area contributed by atoms with Crippen molar-refractivity contribution in [2.45, 2.75) is 90.0 Å². The second kappa shape index (κ2) is 11.5. The van der Waals surface area contributed by atoms with Crippen LogP contribution in [0.3, 0.4) is 0 Å². The number of ether oxygens (including phenoxy) is 3. The predicted molar refractivity (Wildman–Crippen MR) is 121 cm³/mol. The summed E-state index contributed by atoms with van der Waals surface area (Å²) < 4.78 is 16.3. The van der Waals surface area contributed by atoms with Crippen LogP contribution in [0.15, 0.2) is 12.1 Å². The highest BCUT2D eigenvalue weighted by Gasteiger charge is 2.40. The first-order valence-corrected chi connectivity index (χ1v) is 11.8. The molecule has 1 saturated carbocycles. The predicted octanol–water partition coefficient (Wildman–Crippen LogP) is 3.78. The maximum absolute atomic E-state index is 13.3. The zero-order valence-corrected chi connectivity index (χ0v) is 19.8. The lowest BCUT2D eigenvalue weighted by atomic mass is 10.0. The van der Waals surface area contributed by atoms with Crippen LogP contribution in [0.1, 0.15) is 76.6 Å². The fourth-order valence-electron chi connectivity index (χ4n) is 4.09. The summed E-state index contributed by atoms with van der Waals surface area (Å²) in [5.41, 5.74) is 1.90. The van der Waals surface area contributed by atoms with E-state index in [0.29, 0.717) is 25.5 Å². The van der Waals surface area contributed by atoms with Gasteiger partial charge in [0, 0.05) is 31.0 Å². The van der Waals surface area contributed by atoms with Gasteiger partial charge in [-0.25, -0.2) is 9.78 Å². The molecule has 1 N–H and O–H groups in total. The van der Waals surface area contributed by atoms with E-state index in [4.69, 9.17) is 9.47 Å². The average molecular weight is 448 g/mol. The molecule has 0 unspecified atom stereocenters. The van der Waals surface area contributed by atoms with E-state index in [9.17, 15) is 9.59 Å². The molecule has 1 aliphatic carbocycles. The van der Waals surface area contributed by atoms with Crippen molar-refractivity contribution < 1.29 is 23.8 Å². The number of hydrogen-bond donors (Lipinski definition) is 1. The molecular weight excluding hydrogens is 410 g/mol. The second-order valence-corrected chi connectivity index (χ2v) is 8.93. The summed E-state index contributed by atoms with van der Waals surface area (Å²) >= 11 is 0. The molecule has 32 heavy (non-hydrogen) atoms. The van der Waals surface area contributed by atoms with E-state index in [2.05, 4.69) is 28.0 Å². The Balaban J connectivity index is 1.76. The molecule has 8 heteroatoms. The van der Waals surface area contributed by atoms with E-state index in [0.717, 1.165) is 49.8 Å². The monoisotopic (exact) mass is 447 g/mol. The van der Waals surface area contributed by atoms with Gasteiger partial charge in [-0.2, -0.15) is 0 Å². The molecule has 0 radical (unpaired) electrons. The summed E-state index contributed by atoms with van der Waals surface area (Å²) in [6, 6.07) is 4.19. The summed E-state index contributed by atoms with van der Waals surface area (Å²) in [6.45, 7) is 7.18. The van der Waals surface area contributed by atoms with Gasteiger partial charge >= 0.3 is 6.09 Å². The minimum absolute atomic E-state index is 0.00120. The van der Waals surface area contributed by atoms with Crippen LogP contribution in [0.5, 0.6) is 5.88 Å². The second-order valence-electron chi connectivity index (χ2n) is 8.93. The first-order chi connectivity index (χ1) is 15.4. The number of rotatable bonds is 10. The number of pyridine rings is 1. The average Bonchev–Trinajstić information content (AvgIpc) is 3.61. The fraction of sp³-hybridized carbons (Fsp3) is 0.708. The lowest BCUT2D eigenvalue weighted by Crippen LogP contribution is -2.44. The van der Waals surface area contributed by atoms with Crippen LogP contribution in [0.4, 0.5) is 4.79 Å². The molecule has 1 saturated heterocycles. The Kier molecular flexibility index (Phi) is 8.73. The third kappa shape index (κ3) is 6.82. The van der Waals surface area contributed by atoms with Crippen LogP contribution in [0.25, 0.3) is 0 Å². The number of hydrogen-bond acceptors (Lipinski definition) is 6. The van der Waals surface area contributed by atoms with Gasteiger partial charge < -0.3 is 24.4 Å². The number of aryl methyl sites for hydroxylation is 1. The van der Waals surface area contributed by atoms with Crippen LogP contribution in [0, 0.1) is 0 Å². The molecular formula is C24H37N3O5. The zero-order valence-electron chi connectivity index (χ0n) is 19.8. The van der Waals surface area contributed by atoms with Gasteiger partial charge in [0.2, 0.25) is 5.88 Å². The summed E-state index contributed by atoms with van der Waals surface area (Å²) in [7, 11) is 1.35. The molecule has 2 aliphatic rings. The highest BCUT2D eigenvalue weighted by Crippen LogP contribution is 2.37. The Morgan fingerprint density at radius 2 is 2.00 bits per heavy atom. The molecule has 0 aromatic carbocycles. The van der Waals surface area contributed by atoms with Crippen molar-refractivity contribution in [2.24, 2.45) is 0 Å². The number of nitrogens with zero attached hydrogens (tertiary/aromatic N) is 2. The molecule has 8 nitrogen and oxygen atoms in total. The number of carbonyl (C=O) groups is 2. The Morgan fingerprint density at radius 1 is 1.22 bits per heavy atom. The van der Waals surface area contributed by atoms with E-state index in [1.165, 1.54) is 7.11 Å². The largest absolute Gasteiger partial charge is 0.475 e. The first kappa shape index (κ1) is 24.3. The van der Waals surface area contributed by atoms with Crippen molar-refractivity contribution in [2.75, 3.05) is 20.3 Å². The number of carbonyl (C=O) groups excluding carboxylic acids is 2. The molecule has 1 aromatic heterocycles. The number of nitrogens with one attached hydrogen (secondary N) is 1. The van der Waals surface area contributed by atoms with Gasteiger partial charge in [0.1, 0.15) is 6.10 Å². The molecule has 0 spiro atoms. The van der Waals surface area contributed by atoms with Crippen molar-refractivity contribution in [3.63, 3.8) is 0 Å². The van der Waals surface area contributed by atoms with Gasteiger partial charge in [-0.15, -0.1) is 0 Å². The molecule has 2 amide bonds. The number of aromatic nitrogens is 1. The fourth-order valence-corrected chi connectivity index (χ4v) is 4.09. The smallest absolute Gasteiger partial charge is 0.406 e. The third-order valence-electron chi connectivity index (χ3n) is 5.85. The standard InChI is InChI=1S/C24H37N3O5/c1-16(2)32-22-15-18(14-19(26-22)8-7-12-25-24(29)30-4)17(3)27(20-10-11-20)23(28)21-9-5-6-13-31-21/h14-17,20-21H,5-13H2,1-4H3,(H,25,29)/t17-,21+/m0/s1. The first-order valence-electron chi connectivity index (χ1n) is 11.8. The Hall–Kier alpha value is -2.35. The summed E-state index contributed by atoms with van der Waals surface area (Å²) in [4.78, 5) is 31.3. The molecule has 1 aliphatic heterocycles. The lowest BCUT2D eigenvalue weighted by molar-refractivity contribution is -0.149. The number of methoxy groups -OCH3 is 1. The maximum Gasteiger partial charge on any atom is 0.406 e. The molecule has 178 valence electrons. The minimum atomic E-state index is -0.437. The minimum Gasteiger partial charge on any atom is -0.475 e. The topological polar surface area (TPSA) is 90.0 Å². The van der Waals surface area contributed by atoms with Crippen molar-refractivity contribution in [1.29, 1.82) is 0 Å². The van der Waals surface area contributed by atoms with Crippen LogP contribution < -0.4 is 10.1 Å². The normalized spacial score (nSPS) is 19.3. The van der Waals surface area contributed by atoms with Crippen molar-refractivity contribution in [3.8, 4) is 5.88 Å². The number of amides is 2. The van der Waals surface area contributed by atoms with Crippen molar-refractivity contribution in [3.05, 3.63) is 23.4 Å². The molecule has 2 heterocycles. The summed E-state index contributed by atoms with van der Waals surface area (Å²) in [5, 5.41) is 2.69. The maximum atomic E-state index is 13.3. The van der Waals surface area contributed by atoms with E-state index in [-0.39, 0.29) is 30.2 Å². The Bertz CT molecular complexity index is 775. The van der Waals surface area contributed by atoms with E-state index >= 15 is 0 Å². The van der Waals surface area contributed by atoms with Gasteiger partial charge in [-0.3, -0.25) is 4.79 Å². The molecule has 0 bridgehead atoms. The lowest BCUT2D eigenvalue weighted by Gasteiger charge is -2.34. The van der Waals surface area contributed by atoms with Crippen molar-refractivity contribution in [1.82, 2.24) is 15.2 Å². The Morgan fingerprint density at radius 3 is 2.62 bits per heavy atom. The van der Waals surface area contributed by atoms with Gasteiger partial charge in [0.25, 0.3) is 5.91 Å². The zero-order chi connectivity index (χ0) is 23.1. The highest BCUT2D eigenvalue weighted by molar-refractivity contribution is 5.82. The highest BCUT2D eigenvalue weighted by atomic mass is 16.5. The quantitative estimate of drug-likeness (QED) is 0.549. The molecule has 2 atom stereocenters. The summed E-state index contributed by atoms with van der Waals surface area (Å²) in [6.07, 6.45) is 5.57. The van der Waals surface area contributed by atoms with Gasteiger partial charge in [-0.05, 0) is 77.3 Å². The van der Waals surface area contributed by atoms with Gasteiger partial charge in [0.15, 0.2) is 0 Å². The van der Waals surface area contributed by atoms with E-state index < -0.39 is 6.09 Å². The molecule has 1 aromatic rings. The van der Waals surface area contributed by atoms with Crippen LogP contribution in [0.2, 0.25) is 0 Å².